The molecule has 0 amide bonds. The molecule has 282 valence electrons. The van der Waals surface area contributed by atoms with Crippen molar-refractivity contribution >= 4 is 11.7 Å². The molecule has 2 N–H and O–H groups in total. The number of halogens is 1. The summed E-state index contributed by atoms with van der Waals surface area (Å²) in [5.41, 5.74) is 9.59. The molecule has 2 aromatic carbocycles. The lowest BCUT2D eigenvalue weighted by molar-refractivity contribution is -0.160. The number of benzene rings is 2. The van der Waals surface area contributed by atoms with Crippen LogP contribution >= 0.6 is 0 Å². The van der Waals surface area contributed by atoms with Gasteiger partial charge in [-0.2, -0.15) is 0 Å². The lowest BCUT2D eigenvalue weighted by Crippen LogP contribution is -2.39. The van der Waals surface area contributed by atoms with E-state index >= 15 is 0 Å². The average Bonchev–Trinajstić information content (AvgIpc) is 3.08. The summed E-state index contributed by atoms with van der Waals surface area (Å²) < 4.78 is 25.8. The summed E-state index contributed by atoms with van der Waals surface area (Å²) in [6.45, 7) is 21.5. The summed E-state index contributed by atoms with van der Waals surface area (Å²) in [7, 11) is 0. The molecular formula is C43H59FN4O4. The standard InChI is InChI=1S/C43H59FN4O4/c1-28-22-35(44)11-10-33(28)26-47-17-12-31-23-32(8-9-34(31)27-47)38-36(25-45-24-30-13-20-51-21-14-30)46-29(2)37(40(41(49)50)52-42(3,4)5)39(38)48-18-15-43(6,7)16-19-48/h8-11,22-23,30,40,45H,12-21,24-27H2,1-7H3,(H,49,50)/t40-/m0/s1. The van der Waals surface area contributed by atoms with Crippen molar-refractivity contribution in [3.8, 4) is 11.1 Å². The van der Waals surface area contributed by atoms with Crippen molar-refractivity contribution in [2.24, 2.45) is 11.3 Å². The van der Waals surface area contributed by atoms with Gasteiger partial charge < -0.3 is 24.8 Å². The van der Waals surface area contributed by atoms with Gasteiger partial charge in [-0.05, 0) is 125 Å². The van der Waals surface area contributed by atoms with E-state index < -0.39 is 17.7 Å². The van der Waals surface area contributed by atoms with Crippen molar-refractivity contribution in [1.82, 2.24) is 15.2 Å². The lowest BCUT2D eigenvalue weighted by Gasteiger charge is -2.41. The van der Waals surface area contributed by atoms with Crippen molar-refractivity contribution < 1.29 is 23.8 Å². The Labute approximate surface area is 310 Å². The van der Waals surface area contributed by atoms with E-state index in [4.69, 9.17) is 14.5 Å². The smallest absolute Gasteiger partial charge is 0.337 e. The number of fused-ring (bicyclic) bond motifs is 1. The second kappa shape index (κ2) is 15.9. The van der Waals surface area contributed by atoms with Crippen LogP contribution < -0.4 is 10.2 Å². The Hall–Kier alpha value is -3.37. The molecule has 1 aromatic heterocycles. The van der Waals surface area contributed by atoms with Crippen LogP contribution in [-0.4, -0.2) is 66.0 Å². The highest BCUT2D eigenvalue weighted by atomic mass is 19.1. The Morgan fingerprint density at radius 1 is 1.08 bits per heavy atom. The van der Waals surface area contributed by atoms with Crippen LogP contribution in [0.5, 0.6) is 0 Å². The number of aryl methyl sites for hydroxylation is 2. The van der Waals surface area contributed by atoms with Crippen LogP contribution in [0.25, 0.3) is 11.1 Å². The quantitative estimate of drug-likeness (QED) is 0.206. The molecule has 6 rings (SSSR count). The van der Waals surface area contributed by atoms with Gasteiger partial charge in [0.1, 0.15) is 5.82 Å². The van der Waals surface area contributed by atoms with E-state index in [9.17, 15) is 14.3 Å². The van der Waals surface area contributed by atoms with E-state index in [1.165, 1.54) is 11.1 Å². The number of hydrogen-bond acceptors (Lipinski definition) is 7. The first-order chi connectivity index (χ1) is 24.7. The predicted molar refractivity (Wildman–Crippen MR) is 205 cm³/mol. The second-order valence-electron chi connectivity index (χ2n) is 17.1. The topological polar surface area (TPSA) is 87.2 Å². The molecule has 2 saturated heterocycles. The van der Waals surface area contributed by atoms with Gasteiger partial charge in [0.05, 0.1) is 17.0 Å². The summed E-state index contributed by atoms with van der Waals surface area (Å²) in [5, 5.41) is 14.5. The van der Waals surface area contributed by atoms with Crippen LogP contribution in [0, 0.1) is 31.0 Å². The maximum absolute atomic E-state index is 13.8. The third kappa shape index (κ3) is 9.22. The maximum atomic E-state index is 13.8. The number of aliphatic carboxylic acids is 1. The molecule has 2 fully saturated rings. The number of ether oxygens (including phenoxy) is 2. The number of carboxylic acid groups (broad SMARTS) is 1. The van der Waals surface area contributed by atoms with Crippen molar-refractivity contribution in [3.63, 3.8) is 0 Å². The molecule has 0 spiro atoms. The maximum Gasteiger partial charge on any atom is 0.337 e. The molecule has 52 heavy (non-hydrogen) atoms. The van der Waals surface area contributed by atoms with E-state index in [-0.39, 0.29) is 11.2 Å². The lowest BCUT2D eigenvalue weighted by atomic mass is 9.81. The molecule has 0 aliphatic carbocycles. The fourth-order valence-corrected chi connectivity index (χ4v) is 8.08. The van der Waals surface area contributed by atoms with Gasteiger partial charge in [0, 0.05) is 69.3 Å². The Balaban J connectivity index is 1.43. The molecule has 3 aliphatic heterocycles. The molecule has 0 radical (unpaired) electrons. The van der Waals surface area contributed by atoms with Gasteiger partial charge in [-0.1, -0.05) is 38.1 Å². The molecule has 4 heterocycles. The monoisotopic (exact) mass is 714 g/mol. The van der Waals surface area contributed by atoms with Gasteiger partial charge in [-0.15, -0.1) is 0 Å². The first-order valence-electron chi connectivity index (χ1n) is 19.2. The Kier molecular flexibility index (Phi) is 11.8. The first kappa shape index (κ1) is 38.4. The van der Waals surface area contributed by atoms with Gasteiger partial charge in [0.2, 0.25) is 0 Å². The fraction of sp³-hybridized carbons (Fsp3) is 0.581. The second-order valence-corrected chi connectivity index (χ2v) is 17.1. The van der Waals surface area contributed by atoms with Gasteiger partial charge in [-0.25, -0.2) is 9.18 Å². The average molecular weight is 715 g/mol. The van der Waals surface area contributed by atoms with Gasteiger partial charge in [0.15, 0.2) is 6.10 Å². The number of rotatable bonds is 11. The van der Waals surface area contributed by atoms with Crippen molar-refractivity contribution in [2.75, 3.05) is 44.3 Å². The molecular weight excluding hydrogens is 655 g/mol. The largest absolute Gasteiger partial charge is 0.479 e. The Morgan fingerprint density at radius 2 is 1.81 bits per heavy atom. The normalized spacial score (nSPS) is 19.0. The van der Waals surface area contributed by atoms with Crippen molar-refractivity contribution in [2.45, 2.75) is 112 Å². The minimum Gasteiger partial charge on any atom is -0.479 e. The number of pyridine rings is 1. The molecule has 3 aromatic rings. The number of anilines is 1. The summed E-state index contributed by atoms with van der Waals surface area (Å²) >= 11 is 0. The zero-order valence-electron chi connectivity index (χ0n) is 32.4. The number of piperidine rings is 1. The molecule has 0 saturated carbocycles. The number of carbonyl (C=O) groups is 1. The zero-order valence-corrected chi connectivity index (χ0v) is 32.4. The number of nitrogens with zero attached hydrogens (tertiary/aromatic N) is 3. The molecule has 1 atom stereocenters. The Morgan fingerprint density at radius 3 is 2.48 bits per heavy atom. The Bertz CT molecular complexity index is 1740. The number of hydrogen-bond donors (Lipinski definition) is 2. The van der Waals surface area contributed by atoms with E-state index in [1.54, 1.807) is 12.1 Å². The van der Waals surface area contributed by atoms with Crippen LogP contribution in [0.15, 0.2) is 36.4 Å². The highest BCUT2D eigenvalue weighted by Gasteiger charge is 2.37. The van der Waals surface area contributed by atoms with Crippen LogP contribution in [0.2, 0.25) is 0 Å². The third-order valence-electron chi connectivity index (χ3n) is 11.2. The number of aromatic nitrogens is 1. The predicted octanol–water partition coefficient (Wildman–Crippen LogP) is 8.15. The SMILES string of the molecule is Cc1cc(F)ccc1CN1CCc2cc(-c3c(CNCC4CCOCC4)nc(C)c([C@H](OC(C)(C)C)C(=O)O)c3N3CCC(C)(C)CC3)ccc2C1. The summed E-state index contributed by atoms with van der Waals surface area (Å²) in [6, 6.07) is 11.8. The first-order valence-corrected chi connectivity index (χ1v) is 19.2. The van der Waals surface area contributed by atoms with Crippen LogP contribution in [0.3, 0.4) is 0 Å². The van der Waals surface area contributed by atoms with Gasteiger partial charge >= 0.3 is 5.97 Å². The molecule has 3 aliphatic rings. The summed E-state index contributed by atoms with van der Waals surface area (Å²) in [5.74, 6) is -0.642. The van der Waals surface area contributed by atoms with Gasteiger partial charge in [-0.3, -0.25) is 9.88 Å². The number of nitrogens with one attached hydrogen (secondary N) is 1. The molecule has 8 nitrogen and oxygen atoms in total. The third-order valence-corrected chi connectivity index (χ3v) is 11.2. The molecule has 0 unspecified atom stereocenters. The highest BCUT2D eigenvalue weighted by molar-refractivity contribution is 5.88. The molecule has 0 bridgehead atoms. The van der Waals surface area contributed by atoms with E-state index in [0.29, 0.717) is 23.7 Å². The van der Waals surface area contributed by atoms with Crippen LogP contribution in [-0.2, 0) is 40.3 Å². The van der Waals surface area contributed by atoms with E-state index in [1.807, 2.05) is 40.7 Å². The zero-order chi connectivity index (χ0) is 37.2. The van der Waals surface area contributed by atoms with Crippen molar-refractivity contribution in [1.29, 1.82) is 0 Å². The van der Waals surface area contributed by atoms with Crippen molar-refractivity contribution in [3.05, 3.63) is 81.4 Å². The summed E-state index contributed by atoms with van der Waals surface area (Å²) in [6.07, 6.45) is 3.85. The van der Waals surface area contributed by atoms with Gasteiger partial charge in [0.25, 0.3) is 0 Å². The van der Waals surface area contributed by atoms with E-state index in [2.05, 4.69) is 47.2 Å². The number of carboxylic acids is 1. The highest BCUT2D eigenvalue weighted by Crippen LogP contribution is 2.45. The minimum atomic E-state index is -1.17. The van der Waals surface area contributed by atoms with E-state index in [0.717, 1.165) is 118 Å². The summed E-state index contributed by atoms with van der Waals surface area (Å²) in [4.78, 5) is 23.2. The fourth-order valence-electron chi connectivity index (χ4n) is 8.08. The molecule has 9 heteroatoms. The van der Waals surface area contributed by atoms with Crippen LogP contribution in [0.4, 0.5) is 10.1 Å². The minimum absolute atomic E-state index is 0.197. The van der Waals surface area contributed by atoms with Crippen LogP contribution in [0.1, 0.15) is 106 Å².